The molecule has 0 aliphatic rings. The van der Waals surface area contributed by atoms with Crippen LogP contribution in [0.3, 0.4) is 0 Å². The number of hydrogen-bond donors (Lipinski definition) is 1. The average Bonchev–Trinajstić information content (AvgIpc) is 2.95. The number of aryl methyl sites for hydroxylation is 1. The second-order valence-corrected chi connectivity index (χ2v) is 5.64. The van der Waals surface area contributed by atoms with Crippen LogP contribution in [0, 0.1) is 6.92 Å². The number of unbranched alkanes of at least 4 members (excludes halogenated alkanes) is 1. The Morgan fingerprint density at radius 1 is 1.33 bits per heavy atom. The van der Waals surface area contributed by atoms with Crippen LogP contribution in [-0.2, 0) is 4.79 Å². The number of aromatic nitrogens is 4. The quantitative estimate of drug-likeness (QED) is 0.625. The van der Waals surface area contributed by atoms with Crippen molar-refractivity contribution in [2.75, 3.05) is 12.3 Å². The Balaban J connectivity index is 1.94. The third kappa shape index (κ3) is 4.56. The summed E-state index contributed by atoms with van der Waals surface area (Å²) < 4.78 is 1.64. The number of tetrazole rings is 1. The number of benzene rings is 1. The van der Waals surface area contributed by atoms with Crippen molar-refractivity contribution >= 4 is 17.7 Å². The first kappa shape index (κ1) is 15.5. The molecule has 6 nitrogen and oxygen atoms in total. The van der Waals surface area contributed by atoms with Crippen molar-refractivity contribution in [1.29, 1.82) is 0 Å². The number of carbonyl (C=O) groups is 1. The van der Waals surface area contributed by atoms with Crippen molar-refractivity contribution in [2.24, 2.45) is 0 Å². The van der Waals surface area contributed by atoms with Gasteiger partial charge in [0.05, 0.1) is 11.4 Å². The fraction of sp³-hybridized carbons (Fsp3) is 0.429. The summed E-state index contributed by atoms with van der Waals surface area (Å²) in [4.78, 5) is 11.7. The Kier molecular flexibility index (Phi) is 5.74. The molecule has 0 radical (unpaired) electrons. The zero-order valence-corrected chi connectivity index (χ0v) is 13.1. The molecule has 0 unspecified atom stereocenters. The molecule has 0 fully saturated rings. The molecule has 0 spiro atoms. The zero-order valence-electron chi connectivity index (χ0n) is 12.2. The van der Waals surface area contributed by atoms with Crippen molar-refractivity contribution in [3.63, 3.8) is 0 Å². The van der Waals surface area contributed by atoms with E-state index in [4.69, 9.17) is 0 Å². The normalized spacial score (nSPS) is 10.6. The fourth-order valence-electron chi connectivity index (χ4n) is 1.70. The molecular formula is C14H19N5OS. The summed E-state index contributed by atoms with van der Waals surface area (Å²) in [5, 5.41) is 15.1. The number of thioether (sulfide) groups is 1. The van der Waals surface area contributed by atoms with Gasteiger partial charge in [-0.25, -0.2) is 0 Å². The molecule has 1 aromatic carbocycles. The van der Waals surface area contributed by atoms with E-state index in [-0.39, 0.29) is 5.91 Å². The van der Waals surface area contributed by atoms with E-state index in [1.165, 1.54) is 17.3 Å². The highest BCUT2D eigenvalue weighted by molar-refractivity contribution is 7.99. The predicted octanol–water partition coefficient (Wildman–Crippen LogP) is 1.98. The highest BCUT2D eigenvalue weighted by Gasteiger charge is 2.11. The molecule has 2 aromatic rings. The van der Waals surface area contributed by atoms with Gasteiger partial charge in [-0.15, -0.1) is 5.10 Å². The van der Waals surface area contributed by atoms with E-state index in [0.29, 0.717) is 10.9 Å². The Morgan fingerprint density at radius 2 is 2.10 bits per heavy atom. The van der Waals surface area contributed by atoms with E-state index in [1.807, 2.05) is 31.2 Å². The highest BCUT2D eigenvalue weighted by Crippen LogP contribution is 2.18. The summed E-state index contributed by atoms with van der Waals surface area (Å²) in [5.74, 6) is 0.322. The van der Waals surface area contributed by atoms with Crippen LogP contribution < -0.4 is 5.32 Å². The van der Waals surface area contributed by atoms with Crippen molar-refractivity contribution < 1.29 is 4.79 Å². The first-order chi connectivity index (χ1) is 10.2. The SMILES string of the molecule is CCCCNC(=O)CSc1nnnn1-c1ccc(C)cc1. The lowest BCUT2D eigenvalue weighted by Crippen LogP contribution is -2.26. The molecule has 0 aliphatic heterocycles. The molecule has 0 bridgehead atoms. The molecule has 2 rings (SSSR count). The van der Waals surface area contributed by atoms with Gasteiger partial charge in [-0.3, -0.25) is 4.79 Å². The molecule has 1 heterocycles. The Morgan fingerprint density at radius 3 is 2.81 bits per heavy atom. The van der Waals surface area contributed by atoms with E-state index in [2.05, 4.69) is 27.8 Å². The summed E-state index contributed by atoms with van der Waals surface area (Å²) in [6, 6.07) is 7.92. The number of nitrogens with zero attached hydrogens (tertiary/aromatic N) is 4. The van der Waals surface area contributed by atoms with Crippen molar-refractivity contribution in [3.8, 4) is 5.69 Å². The monoisotopic (exact) mass is 305 g/mol. The van der Waals surface area contributed by atoms with Gasteiger partial charge < -0.3 is 5.32 Å². The van der Waals surface area contributed by atoms with Crippen LogP contribution in [0.15, 0.2) is 29.4 Å². The lowest BCUT2D eigenvalue weighted by molar-refractivity contribution is -0.118. The second kappa shape index (κ2) is 7.78. The van der Waals surface area contributed by atoms with Gasteiger partial charge in [-0.1, -0.05) is 42.8 Å². The van der Waals surface area contributed by atoms with Crippen LogP contribution in [0.2, 0.25) is 0 Å². The van der Waals surface area contributed by atoms with E-state index in [9.17, 15) is 4.79 Å². The first-order valence-corrected chi connectivity index (χ1v) is 7.94. The lowest BCUT2D eigenvalue weighted by Gasteiger charge is -2.05. The Bertz CT molecular complexity index is 581. The van der Waals surface area contributed by atoms with E-state index in [1.54, 1.807) is 4.68 Å². The molecule has 112 valence electrons. The molecule has 0 saturated carbocycles. The molecule has 21 heavy (non-hydrogen) atoms. The standard InChI is InChI=1S/C14H19N5OS/c1-3-4-9-15-13(20)10-21-14-16-17-18-19(14)12-7-5-11(2)6-8-12/h5-8H,3-4,9-10H2,1-2H3,(H,15,20). The van der Waals surface area contributed by atoms with Gasteiger partial charge >= 0.3 is 0 Å². The van der Waals surface area contributed by atoms with Crippen molar-refractivity contribution in [3.05, 3.63) is 29.8 Å². The molecule has 1 aromatic heterocycles. The predicted molar refractivity (Wildman–Crippen MR) is 82.5 cm³/mol. The molecule has 1 N–H and O–H groups in total. The van der Waals surface area contributed by atoms with Crippen LogP contribution >= 0.6 is 11.8 Å². The van der Waals surface area contributed by atoms with Crippen molar-refractivity contribution in [1.82, 2.24) is 25.5 Å². The van der Waals surface area contributed by atoms with E-state index >= 15 is 0 Å². The Hall–Kier alpha value is -1.89. The zero-order chi connectivity index (χ0) is 15.1. The highest BCUT2D eigenvalue weighted by atomic mass is 32.2. The summed E-state index contributed by atoms with van der Waals surface area (Å²) >= 11 is 1.33. The van der Waals surface area contributed by atoms with Gasteiger partial charge in [0.15, 0.2) is 0 Å². The third-order valence-electron chi connectivity index (χ3n) is 2.90. The van der Waals surface area contributed by atoms with Crippen LogP contribution in [0.1, 0.15) is 25.3 Å². The topological polar surface area (TPSA) is 72.7 Å². The van der Waals surface area contributed by atoms with Gasteiger partial charge in [-0.05, 0) is 35.9 Å². The average molecular weight is 305 g/mol. The van der Waals surface area contributed by atoms with Gasteiger partial charge in [-0.2, -0.15) is 4.68 Å². The van der Waals surface area contributed by atoms with Crippen LogP contribution in [0.4, 0.5) is 0 Å². The van der Waals surface area contributed by atoms with Crippen LogP contribution in [-0.4, -0.2) is 38.4 Å². The second-order valence-electron chi connectivity index (χ2n) is 4.70. The molecule has 7 heteroatoms. The van der Waals surface area contributed by atoms with Gasteiger partial charge in [0.25, 0.3) is 0 Å². The minimum absolute atomic E-state index is 0.00639. The molecular weight excluding hydrogens is 286 g/mol. The number of amides is 1. The van der Waals surface area contributed by atoms with Gasteiger partial charge in [0.1, 0.15) is 0 Å². The smallest absolute Gasteiger partial charge is 0.230 e. The minimum Gasteiger partial charge on any atom is -0.355 e. The first-order valence-electron chi connectivity index (χ1n) is 6.95. The maximum absolute atomic E-state index is 11.7. The fourth-order valence-corrected chi connectivity index (χ4v) is 2.42. The maximum atomic E-state index is 11.7. The molecule has 0 atom stereocenters. The van der Waals surface area contributed by atoms with E-state index < -0.39 is 0 Å². The number of carbonyl (C=O) groups excluding carboxylic acids is 1. The molecule has 0 saturated heterocycles. The summed E-state index contributed by atoms with van der Waals surface area (Å²) in [7, 11) is 0. The molecule has 0 aliphatic carbocycles. The number of nitrogens with one attached hydrogen (secondary N) is 1. The van der Waals surface area contributed by atoms with Gasteiger partial charge in [0.2, 0.25) is 11.1 Å². The maximum Gasteiger partial charge on any atom is 0.230 e. The number of rotatable bonds is 7. The van der Waals surface area contributed by atoms with Crippen molar-refractivity contribution in [2.45, 2.75) is 31.8 Å². The van der Waals surface area contributed by atoms with Crippen LogP contribution in [0.5, 0.6) is 0 Å². The van der Waals surface area contributed by atoms with Crippen LogP contribution in [0.25, 0.3) is 5.69 Å². The summed E-state index contributed by atoms with van der Waals surface area (Å²) in [5.41, 5.74) is 2.07. The lowest BCUT2D eigenvalue weighted by atomic mass is 10.2. The summed E-state index contributed by atoms with van der Waals surface area (Å²) in [6.07, 6.45) is 2.07. The molecule has 1 amide bonds. The Labute approximate surface area is 128 Å². The summed E-state index contributed by atoms with van der Waals surface area (Å²) in [6.45, 7) is 4.84. The van der Waals surface area contributed by atoms with E-state index in [0.717, 1.165) is 25.1 Å². The number of hydrogen-bond acceptors (Lipinski definition) is 5. The minimum atomic E-state index is 0.00639. The van der Waals surface area contributed by atoms with Gasteiger partial charge in [0, 0.05) is 6.54 Å². The third-order valence-corrected chi connectivity index (χ3v) is 3.82. The largest absolute Gasteiger partial charge is 0.355 e.